The zero-order valence-electron chi connectivity index (χ0n) is 12.2. The van der Waals surface area contributed by atoms with Gasteiger partial charge in [-0.3, -0.25) is 0 Å². The lowest BCUT2D eigenvalue weighted by Crippen LogP contribution is -2.47. The molecule has 1 aromatic carbocycles. The molecule has 5 nitrogen and oxygen atoms in total. The maximum Gasteiger partial charge on any atom is 0.240 e. The van der Waals surface area contributed by atoms with E-state index in [1.807, 2.05) is 20.8 Å². The van der Waals surface area contributed by atoms with Gasteiger partial charge in [0.1, 0.15) is 0 Å². The Kier molecular flexibility index (Phi) is 4.09. The summed E-state index contributed by atoms with van der Waals surface area (Å²) in [4.78, 5) is 0.300. The zero-order valence-corrected chi connectivity index (χ0v) is 13.0. The second kappa shape index (κ2) is 5.35. The van der Waals surface area contributed by atoms with Gasteiger partial charge in [0.05, 0.1) is 4.90 Å². The molecule has 0 heterocycles. The Morgan fingerprint density at radius 2 is 1.80 bits per heavy atom. The maximum absolute atomic E-state index is 12.0. The van der Waals surface area contributed by atoms with Crippen molar-refractivity contribution in [2.24, 2.45) is 5.73 Å². The molecule has 2 rings (SSSR count). The molecule has 0 spiro atoms. The Bertz CT molecular complexity index is 561. The lowest BCUT2D eigenvalue weighted by atomic mass is 9.96. The normalized spacial score (nSPS) is 17.8. The predicted octanol–water partition coefficient (Wildman–Crippen LogP) is 1.66. The lowest BCUT2D eigenvalue weighted by Gasteiger charge is -2.31. The summed E-state index contributed by atoms with van der Waals surface area (Å²) in [5, 5.41) is 3.31. The van der Waals surface area contributed by atoms with Gasteiger partial charge in [-0.25, -0.2) is 13.1 Å². The van der Waals surface area contributed by atoms with Gasteiger partial charge in [-0.1, -0.05) is 0 Å². The molecule has 20 heavy (non-hydrogen) atoms. The molecule has 0 bridgehead atoms. The number of nitrogens with one attached hydrogen (secondary N) is 2. The van der Waals surface area contributed by atoms with Gasteiger partial charge in [-0.15, -0.1) is 0 Å². The molecule has 0 amide bonds. The van der Waals surface area contributed by atoms with Crippen LogP contribution >= 0.6 is 0 Å². The molecular weight excluding hydrogens is 274 g/mol. The van der Waals surface area contributed by atoms with Crippen molar-refractivity contribution in [3.63, 3.8) is 0 Å². The van der Waals surface area contributed by atoms with Crippen LogP contribution in [0.5, 0.6) is 0 Å². The van der Waals surface area contributed by atoms with Crippen molar-refractivity contribution in [2.45, 2.75) is 56.1 Å². The van der Waals surface area contributed by atoms with Gasteiger partial charge in [0.15, 0.2) is 0 Å². The first kappa shape index (κ1) is 15.3. The van der Waals surface area contributed by atoms with Crippen molar-refractivity contribution in [1.29, 1.82) is 0 Å². The van der Waals surface area contributed by atoms with Crippen molar-refractivity contribution >= 4 is 15.7 Å². The highest BCUT2D eigenvalue weighted by Crippen LogP contribution is 2.23. The van der Waals surface area contributed by atoms with Crippen LogP contribution in [0.25, 0.3) is 0 Å². The number of sulfonamides is 1. The summed E-state index contributed by atoms with van der Waals surface area (Å²) >= 11 is 0. The van der Waals surface area contributed by atoms with Crippen LogP contribution in [-0.2, 0) is 10.0 Å². The van der Waals surface area contributed by atoms with Crippen LogP contribution in [0, 0.1) is 0 Å². The number of anilines is 1. The second-order valence-corrected chi connectivity index (χ2v) is 7.77. The van der Waals surface area contributed by atoms with E-state index in [0.29, 0.717) is 4.90 Å². The van der Waals surface area contributed by atoms with Crippen molar-refractivity contribution in [3.05, 3.63) is 24.3 Å². The quantitative estimate of drug-likeness (QED) is 0.745. The van der Waals surface area contributed by atoms with Crippen molar-refractivity contribution in [3.8, 4) is 0 Å². The molecule has 0 aromatic heterocycles. The largest absolute Gasteiger partial charge is 0.379 e. The highest BCUT2D eigenvalue weighted by atomic mass is 32.2. The molecule has 6 heteroatoms. The van der Waals surface area contributed by atoms with E-state index in [1.165, 1.54) is 0 Å². The Labute approximate surface area is 121 Å². The molecule has 1 saturated carbocycles. The van der Waals surface area contributed by atoms with Crippen molar-refractivity contribution in [1.82, 2.24) is 4.72 Å². The summed E-state index contributed by atoms with van der Waals surface area (Å²) in [7, 11) is -3.38. The number of hydrogen-bond donors (Lipinski definition) is 3. The lowest BCUT2D eigenvalue weighted by molar-refractivity contribution is 0.471. The second-order valence-electron chi connectivity index (χ2n) is 6.06. The average Bonchev–Trinajstić information content (AvgIpc) is 3.12. The van der Waals surface area contributed by atoms with Crippen LogP contribution in [-0.4, -0.2) is 26.0 Å². The van der Waals surface area contributed by atoms with Crippen LogP contribution in [0.3, 0.4) is 0 Å². The van der Waals surface area contributed by atoms with Gasteiger partial charge in [0.25, 0.3) is 0 Å². The van der Waals surface area contributed by atoms with Crippen LogP contribution in [0.4, 0.5) is 5.69 Å². The van der Waals surface area contributed by atoms with Gasteiger partial charge in [-0.2, -0.15) is 0 Å². The van der Waals surface area contributed by atoms with Crippen LogP contribution in [0.1, 0.15) is 33.6 Å². The summed E-state index contributed by atoms with van der Waals surface area (Å²) in [6, 6.07) is 6.86. The molecule has 0 aliphatic heterocycles. The third kappa shape index (κ3) is 3.71. The van der Waals surface area contributed by atoms with Crippen LogP contribution in [0.2, 0.25) is 0 Å². The van der Waals surface area contributed by atoms with Gasteiger partial charge in [-0.05, 0) is 57.9 Å². The van der Waals surface area contributed by atoms with Gasteiger partial charge in [0, 0.05) is 23.3 Å². The van der Waals surface area contributed by atoms with E-state index in [1.54, 1.807) is 24.3 Å². The third-order valence-corrected chi connectivity index (χ3v) is 5.21. The van der Waals surface area contributed by atoms with E-state index in [4.69, 9.17) is 5.73 Å². The highest BCUT2D eigenvalue weighted by molar-refractivity contribution is 7.89. The SMILES string of the molecule is CC(N)C(C)(C)Nc1ccc(S(=O)(=O)NC2CC2)cc1. The van der Waals surface area contributed by atoms with E-state index < -0.39 is 10.0 Å². The summed E-state index contributed by atoms with van der Waals surface area (Å²) < 4.78 is 26.7. The smallest absolute Gasteiger partial charge is 0.240 e. The fourth-order valence-electron chi connectivity index (χ4n) is 1.69. The predicted molar refractivity (Wildman–Crippen MR) is 81.1 cm³/mol. The topological polar surface area (TPSA) is 84.2 Å². The van der Waals surface area contributed by atoms with Gasteiger partial charge in [0.2, 0.25) is 10.0 Å². The van der Waals surface area contributed by atoms with E-state index in [9.17, 15) is 8.42 Å². The maximum atomic E-state index is 12.0. The Balaban J connectivity index is 2.10. The van der Waals surface area contributed by atoms with E-state index >= 15 is 0 Å². The first-order valence-electron chi connectivity index (χ1n) is 6.87. The van der Waals surface area contributed by atoms with Crippen LogP contribution < -0.4 is 15.8 Å². The van der Waals surface area contributed by atoms with Gasteiger partial charge >= 0.3 is 0 Å². The molecule has 4 N–H and O–H groups in total. The molecule has 1 fully saturated rings. The highest BCUT2D eigenvalue weighted by Gasteiger charge is 2.28. The van der Waals surface area contributed by atoms with E-state index in [0.717, 1.165) is 18.5 Å². The van der Waals surface area contributed by atoms with E-state index in [-0.39, 0.29) is 17.6 Å². The number of rotatable bonds is 6. The molecule has 0 saturated heterocycles. The first-order valence-corrected chi connectivity index (χ1v) is 8.35. The molecule has 1 unspecified atom stereocenters. The number of hydrogen-bond acceptors (Lipinski definition) is 4. The molecule has 1 aliphatic rings. The minimum Gasteiger partial charge on any atom is -0.379 e. The Morgan fingerprint density at radius 3 is 2.25 bits per heavy atom. The standard InChI is InChI=1S/C14H23N3O2S/c1-10(15)14(2,3)16-11-6-8-13(9-7-11)20(18,19)17-12-4-5-12/h6-10,12,16-17H,4-5,15H2,1-3H3. The summed E-state index contributed by atoms with van der Waals surface area (Å²) in [5.74, 6) is 0. The average molecular weight is 297 g/mol. The third-order valence-electron chi connectivity index (χ3n) is 3.67. The zero-order chi connectivity index (χ0) is 15.0. The van der Waals surface area contributed by atoms with E-state index in [2.05, 4.69) is 10.0 Å². The molecule has 0 radical (unpaired) electrons. The summed E-state index contributed by atoms with van der Waals surface area (Å²) in [6.45, 7) is 5.96. The van der Waals surface area contributed by atoms with Crippen molar-refractivity contribution in [2.75, 3.05) is 5.32 Å². The molecule has 1 aliphatic carbocycles. The minimum absolute atomic E-state index is 0.0255. The summed E-state index contributed by atoms with van der Waals surface area (Å²) in [6.07, 6.45) is 1.86. The first-order chi connectivity index (χ1) is 9.21. The number of benzene rings is 1. The van der Waals surface area contributed by atoms with Crippen LogP contribution in [0.15, 0.2) is 29.2 Å². The van der Waals surface area contributed by atoms with Crippen molar-refractivity contribution < 1.29 is 8.42 Å². The molecule has 1 aromatic rings. The summed E-state index contributed by atoms with van der Waals surface area (Å²) in [5.41, 5.74) is 6.51. The fraction of sp³-hybridized carbons (Fsp3) is 0.571. The molecule has 112 valence electrons. The Hall–Kier alpha value is -1.11. The minimum atomic E-state index is -3.38. The molecular formula is C14H23N3O2S. The molecule has 1 atom stereocenters. The fourth-order valence-corrected chi connectivity index (χ4v) is 3.00. The Morgan fingerprint density at radius 1 is 1.25 bits per heavy atom. The monoisotopic (exact) mass is 297 g/mol. The number of nitrogens with two attached hydrogens (primary N) is 1. The van der Waals surface area contributed by atoms with Gasteiger partial charge < -0.3 is 11.1 Å².